The third-order valence-electron chi connectivity index (χ3n) is 4.53. The Morgan fingerprint density at radius 2 is 1.86 bits per heavy atom. The number of pyridine rings is 1. The Kier molecular flexibility index (Phi) is 4.76. The van der Waals surface area contributed by atoms with Crippen molar-refractivity contribution in [3.63, 3.8) is 0 Å². The summed E-state index contributed by atoms with van der Waals surface area (Å²) in [5.41, 5.74) is 2.13. The van der Waals surface area contributed by atoms with Gasteiger partial charge >= 0.3 is 0 Å². The van der Waals surface area contributed by atoms with Crippen molar-refractivity contribution in [2.24, 2.45) is 0 Å². The molecule has 6 heteroatoms. The monoisotopic (exact) mass is 386 g/mol. The van der Waals surface area contributed by atoms with E-state index in [9.17, 15) is 4.79 Å². The van der Waals surface area contributed by atoms with Crippen LogP contribution in [0.4, 0.5) is 5.82 Å². The van der Waals surface area contributed by atoms with E-state index in [1.165, 1.54) is 0 Å². The first-order valence-electron chi connectivity index (χ1n) is 9.39. The number of rotatable bonds is 4. The van der Waals surface area contributed by atoms with Crippen molar-refractivity contribution >= 4 is 22.6 Å². The highest BCUT2D eigenvalue weighted by Crippen LogP contribution is 2.29. The quantitative estimate of drug-likeness (QED) is 0.499. The zero-order valence-electron chi connectivity index (χ0n) is 16.6. The molecule has 0 radical (unpaired) electrons. The Hall–Kier alpha value is -3.67. The van der Waals surface area contributed by atoms with Crippen LogP contribution in [0.25, 0.3) is 10.9 Å². The maximum Gasteiger partial charge on any atom is 0.256 e. The molecule has 29 heavy (non-hydrogen) atoms. The SMILES string of the molecule is CC(C)(C)c1cc(NC(=O)c2cccc(Oc3ccnc4ccccc34)c2)[nH]n1. The number of aromatic amines is 1. The molecule has 6 nitrogen and oxygen atoms in total. The number of aromatic nitrogens is 3. The zero-order valence-corrected chi connectivity index (χ0v) is 16.6. The van der Waals surface area contributed by atoms with Crippen LogP contribution in [0.3, 0.4) is 0 Å². The molecule has 0 aliphatic carbocycles. The minimum absolute atomic E-state index is 0.0967. The lowest BCUT2D eigenvalue weighted by atomic mass is 9.92. The number of H-pyrrole nitrogens is 1. The number of hydrogen-bond donors (Lipinski definition) is 2. The fourth-order valence-corrected chi connectivity index (χ4v) is 2.95. The minimum atomic E-state index is -0.237. The number of benzene rings is 2. The number of anilines is 1. The van der Waals surface area contributed by atoms with E-state index in [-0.39, 0.29) is 11.3 Å². The van der Waals surface area contributed by atoms with Crippen LogP contribution in [0.5, 0.6) is 11.5 Å². The largest absolute Gasteiger partial charge is 0.457 e. The van der Waals surface area contributed by atoms with E-state index in [1.54, 1.807) is 24.4 Å². The van der Waals surface area contributed by atoms with Gasteiger partial charge in [0.2, 0.25) is 0 Å². The van der Waals surface area contributed by atoms with Gasteiger partial charge in [-0.25, -0.2) is 0 Å². The summed E-state index contributed by atoms with van der Waals surface area (Å²) in [5.74, 6) is 1.59. The van der Waals surface area contributed by atoms with E-state index in [0.29, 0.717) is 22.9 Å². The minimum Gasteiger partial charge on any atom is -0.457 e. The van der Waals surface area contributed by atoms with Gasteiger partial charge in [-0.15, -0.1) is 0 Å². The molecule has 2 heterocycles. The van der Waals surface area contributed by atoms with Crippen LogP contribution >= 0.6 is 0 Å². The van der Waals surface area contributed by atoms with Crippen molar-refractivity contribution in [2.75, 3.05) is 5.32 Å². The van der Waals surface area contributed by atoms with E-state index in [2.05, 4.69) is 41.3 Å². The van der Waals surface area contributed by atoms with Crippen LogP contribution in [0.2, 0.25) is 0 Å². The van der Waals surface area contributed by atoms with Crippen molar-refractivity contribution in [1.29, 1.82) is 0 Å². The molecule has 4 rings (SSSR count). The van der Waals surface area contributed by atoms with Gasteiger partial charge in [0.05, 0.1) is 11.2 Å². The lowest BCUT2D eigenvalue weighted by molar-refractivity contribution is 0.102. The summed E-state index contributed by atoms with van der Waals surface area (Å²) in [5, 5.41) is 10.9. The van der Waals surface area contributed by atoms with Gasteiger partial charge in [-0.05, 0) is 36.4 Å². The molecule has 0 saturated carbocycles. The summed E-state index contributed by atoms with van der Waals surface area (Å²) in [4.78, 5) is 17.0. The molecule has 146 valence electrons. The van der Waals surface area contributed by atoms with E-state index in [1.807, 2.05) is 42.5 Å². The number of nitrogens with one attached hydrogen (secondary N) is 2. The van der Waals surface area contributed by atoms with E-state index < -0.39 is 0 Å². The van der Waals surface area contributed by atoms with Crippen molar-refractivity contribution in [3.8, 4) is 11.5 Å². The number of amides is 1. The van der Waals surface area contributed by atoms with Crippen LogP contribution in [0.1, 0.15) is 36.8 Å². The third-order valence-corrected chi connectivity index (χ3v) is 4.53. The molecule has 0 atom stereocenters. The van der Waals surface area contributed by atoms with Crippen LogP contribution in [-0.4, -0.2) is 21.1 Å². The second-order valence-corrected chi connectivity index (χ2v) is 7.83. The number of ether oxygens (including phenoxy) is 1. The van der Waals surface area contributed by atoms with Gasteiger partial charge in [-0.3, -0.25) is 14.9 Å². The van der Waals surface area contributed by atoms with E-state index in [0.717, 1.165) is 16.6 Å². The Morgan fingerprint density at radius 1 is 1.03 bits per heavy atom. The molecule has 0 aliphatic rings. The highest BCUT2D eigenvalue weighted by Gasteiger charge is 2.18. The Morgan fingerprint density at radius 3 is 2.66 bits per heavy atom. The average molecular weight is 386 g/mol. The molecule has 0 saturated heterocycles. The number of para-hydroxylation sites is 1. The highest BCUT2D eigenvalue weighted by atomic mass is 16.5. The van der Waals surface area contributed by atoms with E-state index >= 15 is 0 Å². The second kappa shape index (κ2) is 7.39. The van der Waals surface area contributed by atoms with Gasteiger partial charge in [-0.2, -0.15) is 5.10 Å². The number of carbonyl (C=O) groups is 1. The fourth-order valence-electron chi connectivity index (χ4n) is 2.95. The molecule has 2 aromatic heterocycles. The van der Waals surface area contributed by atoms with Gasteiger partial charge in [0, 0.05) is 28.6 Å². The molecule has 2 N–H and O–H groups in total. The van der Waals surface area contributed by atoms with Crippen LogP contribution in [-0.2, 0) is 5.41 Å². The summed E-state index contributed by atoms with van der Waals surface area (Å²) in [6.07, 6.45) is 1.71. The molecular weight excluding hydrogens is 364 g/mol. The average Bonchev–Trinajstić information content (AvgIpc) is 3.18. The summed E-state index contributed by atoms with van der Waals surface area (Å²) in [6.45, 7) is 6.20. The van der Waals surface area contributed by atoms with Crippen molar-refractivity contribution < 1.29 is 9.53 Å². The molecule has 0 spiro atoms. The predicted octanol–water partition coefficient (Wildman–Crippen LogP) is 5.30. The molecule has 1 amide bonds. The number of carbonyl (C=O) groups excluding carboxylic acids is 1. The molecule has 0 fully saturated rings. The zero-order chi connectivity index (χ0) is 20.4. The molecule has 0 unspecified atom stereocenters. The molecular formula is C23H22N4O2. The van der Waals surface area contributed by atoms with Gasteiger partial charge in [-0.1, -0.05) is 39.0 Å². The standard InChI is InChI=1S/C23H22N4O2/c1-23(2,3)20-14-21(27-26-20)25-22(28)15-7-6-8-16(13-15)29-19-11-12-24-18-10-5-4-9-17(18)19/h4-14H,1-3H3,(H2,25,26,27,28). The molecule has 2 aromatic carbocycles. The van der Waals surface area contributed by atoms with Crippen molar-refractivity contribution in [1.82, 2.24) is 15.2 Å². The predicted molar refractivity (Wildman–Crippen MR) is 113 cm³/mol. The van der Waals surface area contributed by atoms with Crippen molar-refractivity contribution in [2.45, 2.75) is 26.2 Å². The molecule has 4 aromatic rings. The second-order valence-electron chi connectivity index (χ2n) is 7.83. The van der Waals surface area contributed by atoms with Gasteiger partial charge in [0.15, 0.2) is 0 Å². The molecule has 0 bridgehead atoms. The summed E-state index contributed by atoms with van der Waals surface area (Å²) in [6, 6.07) is 18.5. The first-order valence-corrected chi connectivity index (χ1v) is 9.39. The van der Waals surface area contributed by atoms with Gasteiger partial charge in [0.1, 0.15) is 17.3 Å². The number of fused-ring (bicyclic) bond motifs is 1. The first kappa shape index (κ1) is 18.7. The normalized spacial score (nSPS) is 11.4. The lowest BCUT2D eigenvalue weighted by Gasteiger charge is -2.13. The maximum absolute atomic E-state index is 12.7. The number of hydrogen-bond acceptors (Lipinski definition) is 4. The Balaban J connectivity index is 1.54. The molecule has 0 aliphatic heterocycles. The Bertz CT molecular complexity index is 1170. The fraction of sp³-hybridized carbons (Fsp3) is 0.174. The van der Waals surface area contributed by atoms with E-state index in [4.69, 9.17) is 4.74 Å². The summed E-state index contributed by atoms with van der Waals surface area (Å²) >= 11 is 0. The van der Waals surface area contributed by atoms with Gasteiger partial charge in [0.25, 0.3) is 5.91 Å². The van der Waals surface area contributed by atoms with Crippen LogP contribution < -0.4 is 10.1 Å². The van der Waals surface area contributed by atoms with Crippen LogP contribution in [0, 0.1) is 0 Å². The summed E-state index contributed by atoms with van der Waals surface area (Å²) < 4.78 is 6.04. The van der Waals surface area contributed by atoms with Gasteiger partial charge < -0.3 is 10.1 Å². The maximum atomic E-state index is 12.7. The third kappa shape index (κ3) is 4.11. The first-order chi connectivity index (χ1) is 13.9. The topological polar surface area (TPSA) is 79.9 Å². The number of nitrogens with zero attached hydrogens (tertiary/aromatic N) is 2. The summed E-state index contributed by atoms with van der Waals surface area (Å²) in [7, 11) is 0. The van der Waals surface area contributed by atoms with Crippen molar-refractivity contribution in [3.05, 3.63) is 78.1 Å². The highest BCUT2D eigenvalue weighted by molar-refractivity contribution is 6.04. The van der Waals surface area contributed by atoms with Crippen LogP contribution in [0.15, 0.2) is 66.9 Å². The smallest absolute Gasteiger partial charge is 0.256 e. The Labute approximate surface area is 168 Å². The lowest BCUT2D eigenvalue weighted by Crippen LogP contribution is -2.12.